The van der Waals surface area contributed by atoms with Crippen LogP contribution in [0.2, 0.25) is 5.02 Å². The van der Waals surface area contributed by atoms with E-state index in [-0.39, 0.29) is 17.2 Å². The molecule has 0 radical (unpaired) electrons. The van der Waals surface area contributed by atoms with Crippen LogP contribution in [0.4, 0.5) is 18.9 Å². The lowest BCUT2D eigenvalue weighted by atomic mass is 10.1. The summed E-state index contributed by atoms with van der Waals surface area (Å²) in [6, 6.07) is 11.9. The number of aromatic nitrogens is 2. The third-order valence-electron chi connectivity index (χ3n) is 3.49. The number of non-ortho nitro benzene ring substituents is 1. The van der Waals surface area contributed by atoms with E-state index in [1.807, 2.05) is 0 Å². The monoisotopic (exact) mass is 379 g/mol. The highest BCUT2D eigenvalue weighted by Crippen LogP contribution is 2.32. The van der Waals surface area contributed by atoms with Crippen molar-refractivity contribution >= 4 is 17.3 Å². The minimum atomic E-state index is -4.67. The number of alkyl halides is 3. The van der Waals surface area contributed by atoms with Crippen LogP contribution in [0.1, 0.15) is 5.69 Å². The van der Waals surface area contributed by atoms with Gasteiger partial charge in [-0.25, -0.2) is 9.97 Å². The molecule has 1 aromatic heterocycles. The van der Waals surface area contributed by atoms with Crippen molar-refractivity contribution < 1.29 is 18.1 Å². The first kappa shape index (κ1) is 17.8. The zero-order chi connectivity index (χ0) is 18.9. The number of hydrogen-bond acceptors (Lipinski definition) is 4. The smallest absolute Gasteiger partial charge is 0.258 e. The first-order valence-corrected chi connectivity index (χ1v) is 7.59. The molecule has 2 aromatic carbocycles. The van der Waals surface area contributed by atoms with E-state index in [2.05, 4.69) is 9.97 Å². The third kappa shape index (κ3) is 3.80. The first-order valence-electron chi connectivity index (χ1n) is 7.21. The van der Waals surface area contributed by atoms with Crippen molar-refractivity contribution in [3.63, 3.8) is 0 Å². The summed E-state index contributed by atoms with van der Waals surface area (Å²) in [6.07, 6.45) is -4.67. The summed E-state index contributed by atoms with van der Waals surface area (Å²) in [5.74, 6) is -0.121. The molecule has 26 heavy (non-hydrogen) atoms. The Balaban J connectivity index is 2.13. The fourth-order valence-corrected chi connectivity index (χ4v) is 2.35. The van der Waals surface area contributed by atoms with Crippen molar-refractivity contribution in [1.29, 1.82) is 0 Å². The highest BCUT2D eigenvalue weighted by atomic mass is 35.5. The van der Waals surface area contributed by atoms with Crippen molar-refractivity contribution in [3.8, 4) is 22.6 Å². The van der Waals surface area contributed by atoms with E-state index >= 15 is 0 Å². The van der Waals surface area contributed by atoms with Crippen LogP contribution in [-0.4, -0.2) is 14.9 Å². The van der Waals surface area contributed by atoms with Gasteiger partial charge in [-0.1, -0.05) is 11.6 Å². The van der Waals surface area contributed by atoms with Crippen LogP contribution in [0.3, 0.4) is 0 Å². The molecule has 0 bridgehead atoms. The second-order valence-electron chi connectivity index (χ2n) is 5.27. The molecule has 0 saturated carbocycles. The number of nitro groups is 1. The van der Waals surface area contributed by atoms with E-state index in [1.54, 1.807) is 0 Å². The number of benzene rings is 2. The van der Waals surface area contributed by atoms with Gasteiger partial charge < -0.3 is 0 Å². The standard InChI is InChI=1S/C17H9ClF3N3O2/c18-12-5-1-11(2-6-12)16-22-14(9-15(23-16)17(19,20)21)10-3-7-13(8-4-10)24(25)26/h1-9H. The van der Waals surface area contributed by atoms with E-state index < -0.39 is 16.8 Å². The fraction of sp³-hybridized carbons (Fsp3) is 0.0588. The molecular formula is C17H9ClF3N3O2. The fourth-order valence-electron chi connectivity index (χ4n) is 2.22. The zero-order valence-electron chi connectivity index (χ0n) is 12.9. The van der Waals surface area contributed by atoms with Crippen LogP contribution in [0.5, 0.6) is 0 Å². The summed E-state index contributed by atoms with van der Waals surface area (Å²) >= 11 is 5.79. The van der Waals surface area contributed by atoms with Crippen molar-refractivity contribution in [3.05, 3.63) is 75.4 Å². The summed E-state index contributed by atoms with van der Waals surface area (Å²) in [5.41, 5.74) is -0.600. The number of halogens is 4. The van der Waals surface area contributed by atoms with Gasteiger partial charge in [0.25, 0.3) is 5.69 Å². The van der Waals surface area contributed by atoms with Crippen molar-refractivity contribution in [2.75, 3.05) is 0 Å². The molecule has 5 nitrogen and oxygen atoms in total. The van der Waals surface area contributed by atoms with Crippen molar-refractivity contribution in [2.45, 2.75) is 6.18 Å². The maximum atomic E-state index is 13.2. The molecule has 0 saturated heterocycles. The highest BCUT2D eigenvalue weighted by Gasteiger charge is 2.34. The Morgan fingerprint density at radius 3 is 2.04 bits per heavy atom. The minimum absolute atomic E-state index is 0.00664. The first-order chi connectivity index (χ1) is 12.2. The summed E-state index contributed by atoms with van der Waals surface area (Å²) in [5, 5.41) is 11.1. The Morgan fingerprint density at radius 1 is 0.923 bits per heavy atom. The van der Waals surface area contributed by atoms with Crippen LogP contribution < -0.4 is 0 Å². The second kappa shape index (κ2) is 6.72. The van der Waals surface area contributed by atoms with Crippen LogP contribution in [0.25, 0.3) is 22.6 Å². The SMILES string of the molecule is O=[N+]([O-])c1ccc(-c2cc(C(F)(F)F)nc(-c3ccc(Cl)cc3)n2)cc1. The van der Waals surface area contributed by atoms with Gasteiger partial charge in [0.15, 0.2) is 5.82 Å². The van der Waals surface area contributed by atoms with Gasteiger partial charge in [-0.05, 0) is 42.5 Å². The maximum Gasteiger partial charge on any atom is 0.433 e. The van der Waals surface area contributed by atoms with Crippen LogP contribution in [-0.2, 0) is 6.18 Å². The van der Waals surface area contributed by atoms with Crippen molar-refractivity contribution in [1.82, 2.24) is 9.97 Å². The molecule has 0 atom stereocenters. The molecule has 132 valence electrons. The topological polar surface area (TPSA) is 68.9 Å². The summed E-state index contributed by atoms with van der Waals surface area (Å²) in [7, 11) is 0. The predicted molar refractivity (Wildman–Crippen MR) is 89.6 cm³/mol. The van der Waals surface area contributed by atoms with E-state index in [9.17, 15) is 23.3 Å². The summed E-state index contributed by atoms with van der Waals surface area (Å²) in [4.78, 5) is 17.9. The van der Waals surface area contributed by atoms with Gasteiger partial charge in [-0.3, -0.25) is 10.1 Å². The number of nitrogens with zero attached hydrogens (tertiary/aromatic N) is 3. The highest BCUT2D eigenvalue weighted by molar-refractivity contribution is 6.30. The Hall–Kier alpha value is -3.00. The van der Waals surface area contributed by atoms with E-state index in [1.165, 1.54) is 48.5 Å². The normalized spacial score (nSPS) is 11.4. The minimum Gasteiger partial charge on any atom is -0.258 e. The maximum absolute atomic E-state index is 13.2. The Labute approximate surface area is 150 Å². The number of rotatable bonds is 3. The lowest BCUT2D eigenvalue weighted by Crippen LogP contribution is -2.10. The molecule has 0 aliphatic rings. The van der Waals surface area contributed by atoms with Gasteiger partial charge in [0.05, 0.1) is 10.6 Å². The average molecular weight is 380 g/mol. The van der Waals surface area contributed by atoms with E-state index in [0.29, 0.717) is 16.1 Å². The summed E-state index contributed by atoms with van der Waals surface area (Å²) in [6.45, 7) is 0. The van der Waals surface area contributed by atoms with Gasteiger partial charge in [0.2, 0.25) is 0 Å². The number of nitro benzene ring substituents is 1. The zero-order valence-corrected chi connectivity index (χ0v) is 13.6. The van der Waals surface area contributed by atoms with Gasteiger partial charge >= 0.3 is 6.18 Å². The molecular weight excluding hydrogens is 371 g/mol. The van der Waals surface area contributed by atoms with Crippen LogP contribution in [0.15, 0.2) is 54.6 Å². The molecule has 0 unspecified atom stereocenters. The molecule has 1 heterocycles. The Bertz CT molecular complexity index is 958. The number of hydrogen-bond donors (Lipinski definition) is 0. The molecule has 3 rings (SSSR count). The summed E-state index contributed by atoms with van der Waals surface area (Å²) < 4.78 is 39.6. The molecule has 0 fully saturated rings. The predicted octanol–water partition coefficient (Wildman–Crippen LogP) is 5.39. The molecule has 0 spiro atoms. The molecule has 0 aliphatic heterocycles. The molecule has 9 heteroatoms. The molecule has 0 N–H and O–H groups in total. The lowest BCUT2D eigenvalue weighted by molar-refractivity contribution is -0.384. The average Bonchev–Trinajstić information content (AvgIpc) is 2.61. The van der Waals surface area contributed by atoms with Gasteiger partial charge in [0.1, 0.15) is 5.69 Å². The Kier molecular flexibility index (Phi) is 4.60. The van der Waals surface area contributed by atoms with Gasteiger partial charge in [-0.15, -0.1) is 0 Å². The quantitative estimate of drug-likeness (QED) is 0.452. The molecule has 0 amide bonds. The van der Waals surface area contributed by atoms with E-state index in [4.69, 9.17) is 11.6 Å². The van der Waals surface area contributed by atoms with Crippen LogP contribution >= 0.6 is 11.6 Å². The van der Waals surface area contributed by atoms with Crippen LogP contribution in [0, 0.1) is 10.1 Å². The van der Waals surface area contributed by atoms with E-state index in [0.717, 1.165) is 6.07 Å². The third-order valence-corrected chi connectivity index (χ3v) is 3.74. The van der Waals surface area contributed by atoms with Gasteiger partial charge in [0, 0.05) is 28.3 Å². The second-order valence-corrected chi connectivity index (χ2v) is 5.71. The van der Waals surface area contributed by atoms with Gasteiger partial charge in [-0.2, -0.15) is 13.2 Å². The lowest BCUT2D eigenvalue weighted by Gasteiger charge is -2.11. The Morgan fingerprint density at radius 2 is 1.50 bits per heavy atom. The molecule has 3 aromatic rings. The van der Waals surface area contributed by atoms with Crippen molar-refractivity contribution in [2.24, 2.45) is 0 Å². The largest absolute Gasteiger partial charge is 0.433 e. The molecule has 0 aliphatic carbocycles.